The predicted molar refractivity (Wildman–Crippen MR) is 116 cm³/mol. The Kier molecular flexibility index (Phi) is 7.65. The number of hydrogen-bond acceptors (Lipinski definition) is 6. The predicted octanol–water partition coefficient (Wildman–Crippen LogP) is 1.24. The fourth-order valence-corrected chi connectivity index (χ4v) is 4.82. The van der Waals surface area contributed by atoms with E-state index in [0.717, 1.165) is 10.0 Å². The number of sulfonamides is 1. The van der Waals surface area contributed by atoms with Crippen molar-refractivity contribution < 1.29 is 27.5 Å². The molecule has 1 fully saturated rings. The van der Waals surface area contributed by atoms with Gasteiger partial charge in [0.05, 0.1) is 25.2 Å². The summed E-state index contributed by atoms with van der Waals surface area (Å²) in [6.07, 6.45) is -0.903. The number of carbonyl (C=O) groups excluding carboxylic acids is 2. The lowest BCUT2D eigenvalue weighted by molar-refractivity contribution is -0.139. The lowest BCUT2D eigenvalue weighted by atomic mass is 10.2. The van der Waals surface area contributed by atoms with Crippen molar-refractivity contribution in [2.75, 3.05) is 26.8 Å². The molecule has 9 nitrogen and oxygen atoms in total. The maximum absolute atomic E-state index is 12.9. The highest BCUT2D eigenvalue weighted by atomic mass is 79.9. The van der Waals surface area contributed by atoms with Crippen LogP contribution in [0.5, 0.6) is 5.75 Å². The van der Waals surface area contributed by atoms with Crippen LogP contribution in [0.2, 0.25) is 0 Å². The van der Waals surface area contributed by atoms with Crippen LogP contribution in [0.1, 0.15) is 5.56 Å². The maximum Gasteiger partial charge on any atom is 0.309 e. The van der Waals surface area contributed by atoms with Crippen molar-refractivity contribution in [1.29, 1.82) is 0 Å². The average molecular weight is 512 g/mol. The van der Waals surface area contributed by atoms with Gasteiger partial charge in [0, 0.05) is 23.1 Å². The van der Waals surface area contributed by atoms with Crippen molar-refractivity contribution in [2.45, 2.75) is 17.7 Å². The SMILES string of the molecule is COc1ccccc1CNC(=O)C(=O)NC[C@H]1OCCN1S(=O)(=O)c1ccc(Br)cc1. The number of amides is 2. The molecular formula is C20H22BrN3O6S. The number of halogens is 1. The molecule has 31 heavy (non-hydrogen) atoms. The largest absolute Gasteiger partial charge is 0.496 e. The third-order valence-electron chi connectivity index (χ3n) is 4.64. The minimum absolute atomic E-state index is 0.111. The van der Waals surface area contributed by atoms with E-state index in [1.54, 1.807) is 36.4 Å². The second kappa shape index (κ2) is 10.2. The van der Waals surface area contributed by atoms with Crippen LogP contribution in [0.3, 0.4) is 0 Å². The van der Waals surface area contributed by atoms with E-state index in [1.165, 1.54) is 23.5 Å². The molecule has 1 heterocycles. The summed E-state index contributed by atoms with van der Waals surface area (Å²) in [7, 11) is -2.29. The van der Waals surface area contributed by atoms with Crippen molar-refractivity contribution in [1.82, 2.24) is 14.9 Å². The van der Waals surface area contributed by atoms with Crippen LogP contribution in [0.25, 0.3) is 0 Å². The Balaban J connectivity index is 1.56. The Bertz CT molecular complexity index is 1050. The molecule has 0 aliphatic carbocycles. The summed E-state index contributed by atoms with van der Waals surface area (Å²) in [6, 6.07) is 13.3. The Morgan fingerprint density at radius 3 is 2.52 bits per heavy atom. The molecule has 1 atom stereocenters. The first-order valence-electron chi connectivity index (χ1n) is 9.40. The number of rotatable bonds is 7. The molecule has 0 spiro atoms. The zero-order valence-corrected chi connectivity index (χ0v) is 19.1. The van der Waals surface area contributed by atoms with Crippen molar-refractivity contribution in [3.05, 3.63) is 58.6 Å². The second-order valence-corrected chi connectivity index (χ2v) is 9.41. The zero-order chi connectivity index (χ0) is 22.4. The van der Waals surface area contributed by atoms with E-state index in [2.05, 4.69) is 26.6 Å². The first-order valence-corrected chi connectivity index (χ1v) is 11.6. The Morgan fingerprint density at radius 2 is 1.81 bits per heavy atom. The quantitative estimate of drug-likeness (QED) is 0.540. The monoisotopic (exact) mass is 511 g/mol. The van der Waals surface area contributed by atoms with Gasteiger partial charge in [-0.1, -0.05) is 34.1 Å². The van der Waals surface area contributed by atoms with E-state index < -0.39 is 28.1 Å². The van der Waals surface area contributed by atoms with E-state index in [1.807, 2.05) is 0 Å². The number of para-hydroxylation sites is 1. The third-order valence-corrected chi connectivity index (χ3v) is 7.07. The van der Waals surface area contributed by atoms with Crippen LogP contribution in [-0.4, -0.2) is 57.6 Å². The first-order chi connectivity index (χ1) is 14.8. The molecule has 1 aliphatic rings. The molecule has 0 aromatic heterocycles. The van der Waals surface area contributed by atoms with Crippen LogP contribution in [0.4, 0.5) is 0 Å². The molecule has 0 bridgehead atoms. The van der Waals surface area contributed by atoms with Crippen molar-refractivity contribution in [2.24, 2.45) is 0 Å². The third kappa shape index (κ3) is 5.62. The highest BCUT2D eigenvalue weighted by molar-refractivity contribution is 9.10. The van der Waals surface area contributed by atoms with Gasteiger partial charge in [-0.3, -0.25) is 9.59 Å². The molecule has 2 amide bonds. The van der Waals surface area contributed by atoms with E-state index in [4.69, 9.17) is 9.47 Å². The second-order valence-electron chi connectivity index (χ2n) is 6.60. The van der Waals surface area contributed by atoms with Gasteiger partial charge in [0.15, 0.2) is 0 Å². The van der Waals surface area contributed by atoms with Gasteiger partial charge in [0.1, 0.15) is 12.0 Å². The number of methoxy groups -OCH3 is 1. The van der Waals surface area contributed by atoms with Gasteiger partial charge in [-0.25, -0.2) is 8.42 Å². The van der Waals surface area contributed by atoms with E-state index in [0.29, 0.717) is 5.75 Å². The number of carbonyl (C=O) groups is 2. The van der Waals surface area contributed by atoms with Gasteiger partial charge in [-0.15, -0.1) is 0 Å². The van der Waals surface area contributed by atoms with Crippen LogP contribution in [-0.2, 0) is 30.9 Å². The van der Waals surface area contributed by atoms with Crippen molar-refractivity contribution >= 4 is 37.8 Å². The summed E-state index contributed by atoms with van der Waals surface area (Å²) in [4.78, 5) is 24.4. The van der Waals surface area contributed by atoms with E-state index in [9.17, 15) is 18.0 Å². The molecule has 11 heteroatoms. The molecule has 166 valence electrons. The van der Waals surface area contributed by atoms with Gasteiger partial charge in [0.25, 0.3) is 0 Å². The summed E-state index contributed by atoms with van der Waals surface area (Å²) in [5.41, 5.74) is 0.719. The molecular weight excluding hydrogens is 490 g/mol. The summed E-state index contributed by atoms with van der Waals surface area (Å²) >= 11 is 3.27. The molecule has 2 aromatic rings. The standard InChI is InChI=1S/C20H22BrN3O6S/c1-29-17-5-3-2-4-14(17)12-22-19(25)20(26)23-13-18-24(10-11-30-18)31(27,28)16-8-6-15(21)7-9-16/h2-9,18H,10-13H2,1H3,(H,22,25)(H,23,26)/t18-/m1/s1. The molecule has 1 saturated heterocycles. The topological polar surface area (TPSA) is 114 Å². The van der Waals surface area contributed by atoms with Gasteiger partial charge >= 0.3 is 11.8 Å². The number of nitrogens with zero attached hydrogens (tertiary/aromatic N) is 1. The lowest BCUT2D eigenvalue weighted by Crippen LogP contribution is -2.47. The Hall–Kier alpha value is -2.47. The minimum Gasteiger partial charge on any atom is -0.496 e. The van der Waals surface area contributed by atoms with Crippen molar-refractivity contribution in [3.8, 4) is 5.75 Å². The maximum atomic E-state index is 12.9. The highest BCUT2D eigenvalue weighted by Crippen LogP contribution is 2.23. The highest BCUT2D eigenvalue weighted by Gasteiger charge is 2.36. The molecule has 0 radical (unpaired) electrons. The van der Waals surface area contributed by atoms with Crippen LogP contribution in [0, 0.1) is 0 Å². The van der Waals surface area contributed by atoms with Gasteiger partial charge in [0.2, 0.25) is 10.0 Å². The van der Waals surface area contributed by atoms with E-state index >= 15 is 0 Å². The number of benzene rings is 2. The fourth-order valence-electron chi connectivity index (χ4n) is 3.05. The van der Waals surface area contributed by atoms with Crippen LogP contribution in [0.15, 0.2) is 57.9 Å². The first kappa shape index (κ1) is 23.2. The minimum atomic E-state index is -3.80. The number of ether oxygens (including phenoxy) is 2. The smallest absolute Gasteiger partial charge is 0.309 e. The molecule has 1 aliphatic heterocycles. The summed E-state index contributed by atoms with van der Waals surface area (Å²) in [5.74, 6) is -1.13. The molecule has 2 N–H and O–H groups in total. The molecule has 0 saturated carbocycles. The summed E-state index contributed by atoms with van der Waals surface area (Å²) in [6.45, 7) is 0.298. The fraction of sp³-hybridized carbons (Fsp3) is 0.300. The van der Waals surface area contributed by atoms with Crippen LogP contribution < -0.4 is 15.4 Å². The average Bonchev–Trinajstić information content (AvgIpc) is 3.26. The van der Waals surface area contributed by atoms with Crippen molar-refractivity contribution in [3.63, 3.8) is 0 Å². The summed E-state index contributed by atoms with van der Waals surface area (Å²) < 4.78 is 38.4. The zero-order valence-electron chi connectivity index (χ0n) is 16.7. The molecule has 0 unspecified atom stereocenters. The van der Waals surface area contributed by atoms with Gasteiger partial charge in [-0.05, 0) is 30.3 Å². The van der Waals surface area contributed by atoms with Gasteiger partial charge in [-0.2, -0.15) is 4.31 Å². The van der Waals surface area contributed by atoms with Gasteiger partial charge < -0.3 is 20.1 Å². The summed E-state index contributed by atoms with van der Waals surface area (Å²) in [5, 5.41) is 4.94. The lowest BCUT2D eigenvalue weighted by Gasteiger charge is -2.22. The Labute approximate surface area is 188 Å². The number of nitrogens with one attached hydrogen (secondary N) is 2. The van der Waals surface area contributed by atoms with E-state index in [-0.39, 0.29) is 31.1 Å². The van der Waals surface area contributed by atoms with Crippen LogP contribution >= 0.6 is 15.9 Å². The Morgan fingerprint density at radius 1 is 1.13 bits per heavy atom. The molecule has 2 aromatic carbocycles. The number of hydrogen-bond donors (Lipinski definition) is 2. The molecule has 3 rings (SSSR count). The normalized spacial score (nSPS) is 16.6.